The largest absolute Gasteiger partial charge is 0.397 e. The van der Waals surface area contributed by atoms with Crippen molar-refractivity contribution in [1.82, 2.24) is 4.98 Å². The summed E-state index contributed by atoms with van der Waals surface area (Å²) >= 11 is 3.62. The molecule has 1 aromatic heterocycles. The highest BCUT2D eigenvalue weighted by Gasteiger charge is 2.22. The van der Waals surface area contributed by atoms with E-state index in [1.54, 1.807) is 6.20 Å². The molecule has 3 N–H and O–H groups in total. The molecule has 20 heavy (non-hydrogen) atoms. The fourth-order valence-electron chi connectivity index (χ4n) is 2.08. The molecule has 0 aliphatic rings. The number of nitrogen functional groups attached to an aromatic ring is 1. The van der Waals surface area contributed by atoms with Gasteiger partial charge in [-0.15, -0.1) is 0 Å². The summed E-state index contributed by atoms with van der Waals surface area (Å²) in [4.78, 5) is 4.31. The molecule has 0 atom stereocenters. The lowest BCUT2D eigenvalue weighted by Crippen LogP contribution is -2.28. The van der Waals surface area contributed by atoms with Crippen LogP contribution in [-0.2, 0) is 5.41 Å². The minimum absolute atomic E-state index is 0.00291. The third-order valence-corrected chi connectivity index (χ3v) is 4.16. The number of pyridine rings is 1. The van der Waals surface area contributed by atoms with Gasteiger partial charge in [-0.25, -0.2) is 4.98 Å². The highest BCUT2D eigenvalue weighted by Crippen LogP contribution is 2.30. The van der Waals surface area contributed by atoms with Gasteiger partial charge in [0.2, 0.25) is 0 Å². The molecule has 3 nitrogen and oxygen atoms in total. The average Bonchev–Trinajstić information content (AvgIpc) is 2.40. The third-order valence-electron chi connectivity index (χ3n) is 3.47. The summed E-state index contributed by atoms with van der Waals surface area (Å²) in [7, 11) is 0. The molecule has 106 valence electrons. The van der Waals surface area contributed by atoms with E-state index in [0.717, 1.165) is 28.1 Å². The summed E-state index contributed by atoms with van der Waals surface area (Å²) in [6.07, 6.45) is 1.70. The second kappa shape index (κ2) is 5.83. The first-order valence-electron chi connectivity index (χ1n) is 6.61. The Morgan fingerprint density at radius 2 is 2.00 bits per heavy atom. The van der Waals surface area contributed by atoms with Crippen LogP contribution in [0.15, 0.2) is 41.0 Å². The third kappa shape index (κ3) is 3.31. The van der Waals surface area contributed by atoms with Crippen molar-refractivity contribution < 1.29 is 0 Å². The van der Waals surface area contributed by atoms with Crippen LogP contribution in [0.5, 0.6) is 0 Å². The van der Waals surface area contributed by atoms with Crippen molar-refractivity contribution in [1.29, 1.82) is 0 Å². The van der Waals surface area contributed by atoms with Gasteiger partial charge in [0.05, 0.1) is 11.9 Å². The highest BCUT2D eigenvalue weighted by atomic mass is 79.9. The maximum Gasteiger partial charge on any atom is 0.126 e. The van der Waals surface area contributed by atoms with Crippen LogP contribution in [0, 0.1) is 6.92 Å². The first kappa shape index (κ1) is 14.9. The van der Waals surface area contributed by atoms with Crippen LogP contribution in [0.25, 0.3) is 0 Å². The summed E-state index contributed by atoms with van der Waals surface area (Å²) in [5.74, 6) is 0.858. The molecule has 0 saturated heterocycles. The van der Waals surface area contributed by atoms with E-state index in [-0.39, 0.29) is 5.41 Å². The van der Waals surface area contributed by atoms with Gasteiger partial charge in [-0.1, -0.05) is 48.0 Å². The van der Waals surface area contributed by atoms with Gasteiger partial charge >= 0.3 is 0 Å². The first-order valence-corrected chi connectivity index (χ1v) is 7.40. The number of nitrogens with two attached hydrogens (primary N) is 1. The number of aryl methyl sites for hydroxylation is 1. The molecular formula is C16H20BrN3. The molecule has 0 unspecified atom stereocenters. The van der Waals surface area contributed by atoms with Gasteiger partial charge in [0, 0.05) is 16.4 Å². The smallest absolute Gasteiger partial charge is 0.126 e. The van der Waals surface area contributed by atoms with E-state index in [2.05, 4.69) is 58.3 Å². The standard InChI is InChI=1S/C16H20BrN3/c1-11-8-15(19-9-14(11)18)20-10-16(2,3)12-6-4-5-7-13(12)17/h4-9H,10,18H2,1-3H3,(H,19,20). The normalized spacial score (nSPS) is 11.4. The summed E-state index contributed by atoms with van der Waals surface area (Å²) < 4.78 is 1.13. The first-order chi connectivity index (χ1) is 9.40. The molecule has 0 spiro atoms. The maximum atomic E-state index is 5.79. The molecule has 1 aromatic carbocycles. The zero-order chi connectivity index (χ0) is 14.8. The second-order valence-electron chi connectivity index (χ2n) is 5.64. The van der Waals surface area contributed by atoms with Crippen LogP contribution in [0.3, 0.4) is 0 Å². The Labute approximate surface area is 128 Å². The minimum Gasteiger partial charge on any atom is -0.397 e. The van der Waals surface area contributed by atoms with E-state index >= 15 is 0 Å². The van der Waals surface area contributed by atoms with Crippen molar-refractivity contribution in [3.05, 3.63) is 52.1 Å². The lowest BCUT2D eigenvalue weighted by Gasteiger charge is -2.27. The monoisotopic (exact) mass is 333 g/mol. The predicted molar refractivity (Wildman–Crippen MR) is 89.0 cm³/mol. The zero-order valence-electron chi connectivity index (χ0n) is 12.1. The van der Waals surface area contributed by atoms with Gasteiger partial charge in [0.15, 0.2) is 0 Å². The van der Waals surface area contributed by atoms with Crippen molar-refractivity contribution in [2.24, 2.45) is 0 Å². The number of nitrogens with zero attached hydrogens (tertiary/aromatic N) is 1. The van der Waals surface area contributed by atoms with E-state index < -0.39 is 0 Å². The Bertz CT molecular complexity index is 608. The summed E-state index contributed by atoms with van der Waals surface area (Å²) in [5, 5.41) is 3.39. The Balaban J connectivity index is 2.13. The lowest BCUT2D eigenvalue weighted by molar-refractivity contribution is 0.553. The number of anilines is 2. The van der Waals surface area contributed by atoms with Crippen molar-refractivity contribution in [3.63, 3.8) is 0 Å². The summed E-state index contributed by atoms with van der Waals surface area (Å²) in [6.45, 7) is 7.21. The molecule has 0 fully saturated rings. The SMILES string of the molecule is Cc1cc(NCC(C)(C)c2ccccc2Br)ncc1N. The summed E-state index contributed by atoms with van der Waals surface area (Å²) in [5.41, 5.74) is 8.83. The maximum absolute atomic E-state index is 5.79. The Kier molecular flexibility index (Phi) is 4.33. The van der Waals surface area contributed by atoms with Crippen LogP contribution in [0.1, 0.15) is 25.0 Å². The van der Waals surface area contributed by atoms with Crippen LogP contribution < -0.4 is 11.1 Å². The zero-order valence-corrected chi connectivity index (χ0v) is 13.7. The van der Waals surface area contributed by atoms with Crippen LogP contribution >= 0.6 is 15.9 Å². The fraction of sp³-hybridized carbons (Fsp3) is 0.312. The van der Waals surface area contributed by atoms with Crippen molar-refractivity contribution >= 4 is 27.4 Å². The lowest BCUT2D eigenvalue weighted by atomic mass is 9.84. The molecule has 0 aliphatic heterocycles. The molecule has 0 radical (unpaired) electrons. The van der Waals surface area contributed by atoms with Gasteiger partial charge in [-0.05, 0) is 30.2 Å². The number of nitrogens with one attached hydrogen (secondary N) is 1. The molecule has 1 heterocycles. The van der Waals surface area contributed by atoms with E-state index in [9.17, 15) is 0 Å². The van der Waals surface area contributed by atoms with E-state index in [1.807, 2.05) is 19.1 Å². The van der Waals surface area contributed by atoms with Crippen molar-refractivity contribution in [3.8, 4) is 0 Å². The van der Waals surface area contributed by atoms with Gasteiger partial charge in [0.25, 0.3) is 0 Å². The highest BCUT2D eigenvalue weighted by molar-refractivity contribution is 9.10. The molecule has 2 rings (SSSR count). The van der Waals surface area contributed by atoms with Crippen LogP contribution in [-0.4, -0.2) is 11.5 Å². The number of rotatable bonds is 4. The van der Waals surface area contributed by atoms with E-state index in [0.29, 0.717) is 0 Å². The Hall–Kier alpha value is -1.55. The van der Waals surface area contributed by atoms with Gasteiger partial charge in [-0.2, -0.15) is 0 Å². The van der Waals surface area contributed by atoms with Gasteiger partial charge in [0.1, 0.15) is 5.82 Å². The predicted octanol–water partition coefficient (Wildman–Crippen LogP) is 4.12. The van der Waals surface area contributed by atoms with Crippen molar-refractivity contribution in [2.75, 3.05) is 17.6 Å². The number of hydrogen-bond donors (Lipinski definition) is 2. The molecule has 2 aromatic rings. The van der Waals surface area contributed by atoms with Crippen LogP contribution in [0.4, 0.5) is 11.5 Å². The van der Waals surface area contributed by atoms with Crippen LogP contribution in [0.2, 0.25) is 0 Å². The molecule has 0 saturated carbocycles. The quantitative estimate of drug-likeness (QED) is 0.884. The van der Waals surface area contributed by atoms with E-state index in [1.165, 1.54) is 5.56 Å². The average molecular weight is 334 g/mol. The van der Waals surface area contributed by atoms with E-state index in [4.69, 9.17) is 5.73 Å². The summed E-state index contributed by atoms with van der Waals surface area (Å²) in [6, 6.07) is 10.3. The number of aromatic nitrogens is 1. The number of hydrogen-bond acceptors (Lipinski definition) is 3. The Morgan fingerprint density at radius 1 is 1.30 bits per heavy atom. The van der Waals surface area contributed by atoms with Gasteiger partial charge in [-0.3, -0.25) is 0 Å². The fourth-order valence-corrected chi connectivity index (χ4v) is 2.90. The number of benzene rings is 1. The molecule has 0 aliphatic carbocycles. The molecule has 0 amide bonds. The Morgan fingerprint density at radius 3 is 2.65 bits per heavy atom. The van der Waals surface area contributed by atoms with Crippen molar-refractivity contribution in [2.45, 2.75) is 26.2 Å². The topological polar surface area (TPSA) is 50.9 Å². The number of halogens is 1. The molecular weight excluding hydrogens is 314 g/mol. The minimum atomic E-state index is -0.00291. The second-order valence-corrected chi connectivity index (χ2v) is 6.50. The van der Waals surface area contributed by atoms with Gasteiger partial charge < -0.3 is 11.1 Å². The molecule has 4 heteroatoms. The molecule has 0 bridgehead atoms.